The fraction of sp³-hybridized carbons (Fsp3) is 0.333. The van der Waals surface area contributed by atoms with E-state index in [1.54, 1.807) is 43.3 Å². The van der Waals surface area contributed by atoms with Crippen molar-refractivity contribution in [2.24, 2.45) is 0 Å². The molecule has 0 aliphatic heterocycles. The molecule has 2 atom stereocenters. The highest BCUT2D eigenvalue weighted by Gasteiger charge is 2.31. The maximum atomic E-state index is 13.7. The average Bonchev–Trinajstić information content (AvgIpc) is 2.85. The van der Waals surface area contributed by atoms with E-state index >= 15 is 0 Å². The van der Waals surface area contributed by atoms with Crippen LogP contribution in [0.5, 0.6) is 0 Å². The van der Waals surface area contributed by atoms with Gasteiger partial charge in [0.1, 0.15) is 12.6 Å². The standard InChI is InChI=1S/C27H32ClN3O4S/c1-5-19(2)29-27(33)20(3)30(17-21-13-15-23(28)16-14-21)26(32)18-31(36(4,34)35)25-12-8-10-22-9-6-7-11-24(22)25/h6-16,19-20H,5,17-18H2,1-4H3,(H,29,33)/t19-,20+/m1/s1. The van der Waals surface area contributed by atoms with Gasteiger partial charge in [-0.25, -0.2) is 8.42 Å². The van der Waals surface area contributed by atoms with E-state index in [-0.39, 0.29) is 18.5 Å². The van der Waals surface area contributed by atoms with Gasteiger partial charge in [-0.15, -0.1) is 0 Å². The van der Waals surface area contributed by atoms with Gasteiger partial charge in [-0.3, -0.25) is 13.9 Å². The van der Waals surface area contributed by atoms with E-state index in [1.807, 2.05) is 44.2 Å². The van der Waals surface area contributed by atoms with Gasteiger partial charge in [-0.1, -0.05) is 67.1 Å². The molecule has 0 aromatic heterocycles. The van der Waals surface area contributed by atoms with Crippen LogP contribution in [0.15, 0.2) is 66.7 Å². The average molecular weight is 530 g/mol. The predicted octanol–water partition coefficient (Wildman–Crippen LogP) is 4.59. The summed E-state index contributed by atoms with van der Waals surface area (Å²) < 4.78 is 26.9. The van der Waals surface area contributed by atoms with Crippen LogP contribution in [-0.4, -0.2) is 50.0 Å². The van der Waals surface area contributed by atoms with Crippen molar-refractivity contribution in [3.63, 3.8) is 0 Å². The van der Waals surface area contributed by atoms with Gasteiger partial charge in [-0.2, -0.15) is 0 Å². The molecular weight excluding hydrogens is 498 g/mol. The summed E-state index contributed by atoms with van der Waals surface area (Å²) in [7, 11) is -3.82. The Balaban J connectivity index is 1.98. The Hall–Kier alpha value is -3.10. The largest absolute Gasteiger partial charge is 0.352 e. The first kappa shape index (κ1) is 27.5. The minimum Gasteiger partial charge on any atom is -0.352 e. The van der Waals surface area contributed by atoms with Crippen molar-refractivity contribution in [3.05, 3.63) is 77.3 Å². The van der Waals surface area contributed by atoms with Gasteiger partial charge in [0.05, 0.1) is 11.9 Å². The molecule has 0 aliphatic rings. The minimum atomic E-state index is -3.82. The molecule has 3 rings (SSSR count). The molecule has 0 fully saturated rings. The number of hydrogen-bond donors (Lipinski definition) is 1. The number of fused-ring (bicyclic) bond motifs is 1. The number of amides is 2. The van der Waals surface area contributed by atoms with Crippen molar-refractivity contribution < 1.29 is 18.0 Å². The molecule has 0 saturated heterocycles. The zero-order valence-corrected chi connectivity index (χ0v) is 22.5. The molecule has 1 N–H and O–H groups in total. The third-order valence-corrected chi connectivity index (χ3v) is 7.53. The normalized spacial score (nSPS) is 13.1. The molecule has 3 aromatic carbocycles. The second kappa shape index (κ2) is 11.8. The van der Waals surface area contributed by atoms with E-state index < -0.39 is 28.5 Å². The molecule has 0 aliphatic carbocycles. The molecule has 0 bridgehead atoms. The Morgan fingerprint density at radius 2 is 1.61 bits per heavy atom. The Morgan fingerprint density at radius 1 is 0.972 bits per heavy atom. The summed E-state index contributed by atoms with van der Waals surface area (Å²) in [4.78, 5) is 28.1. The molecule has 0 saturated carbocycles. The number of benzene rings is 3. The van der Waals surface area contributed by atoms with E-state index in [4.69, 9.17) is 11.6 Å². The Bertz CT molecular complexity index is 1320. The van der Waals surface area contributed by atoms with Gasteiger partial charge in [0, 0.05) is 23.0 Å². The number of hydrogen-bond acceptors (Lipinski definition) is 4. The van der Waals surface area contributed by atoms with Crippen LogP contribution in [0.1, 0.15) is 32.8 Å². The second-order valence-electron chi connectivity index (χ2n) is 8.91. The summed E-state index contributed by atoms with van der Waals surface area (Å²) in [6.45, 7) is 5.18. The van der Waals surface area contributed by atoms with Crippen LogP contribution in [0.3, 0.4) is 0 Å². The van der Waals surface area contributed by atoms with Gasteiger partial charge in [0.15, 0.2) is 0 Å². The van der Waals surface area contributed by atoms with Gasteiger partial charge < -0.3 is 10.2 Å². The van der Waals surface area contributed by atoms with Crippen molar-refractivity contribution in [1.29, 1.82) is 0 Å². The number of carbonyl (C=O) groups is 2. The summed E-state index contributed by atoms with van der Waals surface area (Å²) >= 11 is 6.01. The van der Waals surface area contributed by atoms with Gasteiger partial charge in [-0.05, 0) is 49.4 Å². The van der Waals surface area contributed by atoms with Gasteiger partial charge in [0.25, 0.3) is 0 Å². The van der Waals surface area contributed by atoms with Gasteiger partial charge in [0.2, 0.25) is 21.8 Å². The number of carbonyl (C=O) groups excluding carboxylic acids is 2. The van der Waals surface area contributed by atoms with Crippen molar-refractivity contribution in [2.75, 3.05) is 17.1 Å². The summed E-state index contributed by atoms with van der Waals surface area (Å²) in [6.07, 6.45) is 1.82. The van der Waals surface area contributed by atoms with E-state index in [1.165, 1.54) is 4.90 Å². The number of sulfonamides is 1. The summed E-state index contributed by atoms with van der Waals surface area (Å²) in [5.41, 5.74) is 1.18. The zero-order chi connectivity index (χ0) is 26.5. The number of anilines is 1. The Labute approximate surface area is 218 Å². The molecule has 3 aromatic rings. The lowest BCUT2D eigenvalue weighted by atomic mass is 10.1. The van der Waals surface area contributed by atoms with Gasteiger partial charge >= 0.3 is 0 Å². The van der Waals surface area contributed by atoms with Crippen LogP contribution in [0.25, 0.3) is 10.8 Å². The van der Waals surface area contributed by atoms with Crippen molar-refractivity contribution in [2.45, 2.75) is 45.8 Å². The van der Waals surface area contributed by atoms with E-state index in [0.29, 0.717) is 16.1 Å². The maximum absolute atomic E-state index is 13.7. The predicted molar refractivity (Wildman–Crippen MR) is 145 cm³/mol. The third kappa shape index (κ3) is 6.77. The summed E-state index contributed by atoms with van der Waals surface area (Å²) in [5, 5.41) is 5.04. The highest BCUT2D eigenvalue weighted by atomic mass is 35.5. The van der Waals surface area contributed by atoms with Crippen LogP contribution in [0, 0.1) is 0 Å². The summed E-state index contributed by atoms with van der Waals surface area (Å²) in [6, 6.07) is 18.8. The molecular formula is C27H32ClN3O4S. The van der Waals surface area contributed by atoms with Crippen LogP contribution in [0.2, 0.25) is 5.02 Å². The SMILES string of the molecule is CC[C@@H](C)NC(=O)[C@H](C)N(Cc1ccc(Cl)cc1)C(=O)CN(c1cccc2ccccc12)S(C)(=O)=O. The number of nitrogens with zero attached hydrogens (tertiary/aromatic N) is 2. The van der Waals surface area contributed by atoms with E-state index in [9.17, 15) is 18.0 Å². The third-order valence-electron chi connectivity index (χ3n) is 6.15. The first-order valence-corrected chi connectivity index (χ1v) is 14.0. The lowest BCUT2D eigenvalue weighted by Gasteiger charge is -2.32. The smallest absolute Gasteiger partial charge is 0.244 e. The molecule has 7 nitrogen and oxygen atoms in total. The molecule has 0 unspecified atom stereocenters. The summed E-state index contributed by atoms with van der Waals surface area (Å²) in [5.74, 6) is -0.794. The monoisotopic (exact) mass is 529 g/mol. The first-order valence-electron chi connectivity index (χ1n) is 11.8. The molecule has 9 heteroatoms. The number of nitrogens with one attached hydrogen (secondary N) is 1. The molecule has 0 radical (unpaired) electrons. The minimum absolute atomic E-state index is 0.0596. The number of halogens is 1. The quantitative estimate of drug-likeness (QED) is 0.416. The van der Waals surface area contributed by atoms with Crippen molar-refractivity contribution >= 4 is 49.9 Å². The molecule has 0 spiro atoms. The lowest BCUT2D eigenvalue weighted by Crippen LogP contribution is -2.52. The Kier molecular flexibility index (Phi) is 8.98. The van der Waals surface area contributed by atoms with Crippen molar-refractivity contribution in [3.8, 4) is 0 Å². The maximum Gasteiger partial charge on any atom is 0.244 e. The molecule has 0 heterocycles. The molecule has 192 valence electrons. The van der Waals surface area contributed by atoms with Crippen LogP contribution in [0.4, 0.5) is 5.69 Å². The zero-order valence-electron chi connectivity index (χ0n) is 20.9. The lowest BCUT2D eigenvalue weighted by molar-refractivity contribution is -0.139. The molecule has 36 heavy (non-hydrogen) atoms. The molecule has 2 amide bonds. The first-order chi connectivity index (χ1) is 17.0. The topological polar surface area (TPSA) is 86.8 Å². The second-order valence-corrected chi connectivity index (χ2v) is 11.3. The van der Waals surface area contributed by atoms with E-state index in [2.05, 4.69) is 5.32 Å². The van der Waals surface area contributed by atoms with Crippen molar-refractivity contribution in [1.82, 2.24) is 10.2 Å². The van der Waals surface area contributed by atoms with Crippen LogP contribution in [-0.2, 0) is 26.2 Å². The number of rotatable bonds is 10. The fourth-order valence-electron chi connectivity index (χ4n) is 3.86. The van der Waals surface area contributed by atoms with Crippen LogP contribution < -0.4 is 9.62 Å². The highest BCUT2D eigenvalue weighted by Crippen LogP contribution is 2.28. The van der Waals surface area contributed by atoms with E-state index in [0.717, 1.165) is 27.9 Å². The van der Waals surface area contributed by atoms with Crippen LogP contribution >= 0.6 is 11.6 Å². The fourth-order valence-corrected chi connectivity index (χ4v) is 4.84. The highest BCUT2D eigenvalue weighted by molar-refractivity contribution is 7.92. The Morgan fingerprint density at radius 3 is 2.25 bits per heavy atom.